The van der Waals surface area contributed by atoms with Crippen LogP contribution in [-0.2, 0) is 64.2 Å². The number of carbonyl (C=O) groups is 4. The smallest absolute Gasteiger partial charge is 0.335 e. The van der Waals surface area contributed by atoms with E-state index in [1.807, 2.05) is 26.0 Å². The lowest BCUT2D eigenvalue weighted by molar-refractivity contribution is 0.0686. The lowest BCUT2D eigenvalue weighted by Crippen LogP contribution is -2.07. The summed E-state index contributed by atoms with van der Waals surface area (Å²) in [4.78, 5) is 91.6. The van der Waals surface area contributed by atoms with Gasteiger partial charge in [-0.3, -0.25) is 0 Å². The van der Waals surface area contributed by atoms with Crippen molar-refractivity contribution in [2.24, 2.45) is 0 Å². The number of aryl methyl sites for hydroxylation is 8. The first-order chi connectivity index (χ1) is 52.1. The van der Waals surface area contributed by atoms with Crippen LogP contribution < -0.4 is 21.3 Å². The van der Waals surface area contributed by atoms with E-state index >= 15 is 0 Å². The van der Waals surface area contributed by atoms with Gasteiger partial charge in [0.2, 0.25) is 0 Å². The molecule has 0 aliphatic heterocycles. The van der Waals surface area contributed by atoms with Crippen LogP contribution in [0.3, 0.4) is 0 Å². The molecule has 108 heavy (non-hydrogen) atoms. The molecule has 8 N–H and O–H groups in total. The number of aromatic carboxylic acids is 4. The van der Waals surface area contributed by atoms with Gasteiger partial charge in [0.25, 0.3) is 0 Å². The average molecular weight is 1520 g/mol. The van der Waals surface area contributed by atoms with Crippen LogP contribution in [0.1, 0.15) is 161 Å². The summed E-state index contributed by atoms with van der Waals surface area (Å²) in [5, 5.41) is 49.5. The number of nitrogens with zero attached hydrogens (tertiary/aromatic N) is 8. The third kappa shape index (κ3) is 21.0. The topological polar surface area (TPSA) is 300 Å². The molecule has 8 heterocycles. The van der Waals surface area contributed by atoms with Crippen LogP contribution in [0.15, 0.2) is 171 Å². The average Bonchev–Trinajstić information content (AvgIpc) is 1.40. The van der Waals surface area contributed by atoms with Crippen molar-refractivity contribution in [1.29, 1.82) is 0 Å². The van der Waals surface area contributed by atoms with E-state index in [-0.39, 0.29) is 22.3 Å². The Kier molecular flexibility index (Phi) is 28.9. The minimum atomic E-state index is -0.946. The minimum Gasteiger partial charge on any atom is -0.478 e. The van der Waals surface area contributed by atoms with Gasteiger partial charge in [-0.2, -0.15) is 0 Å². The van der Waals surface area contributed by atoms with Crippen molar-refractivity contribution < 1.29 is 39.6 Å². The van der Waals surface area contributed by atoms with Gasteiger partial charge in [-0.1, -0.05) is 67.5 Å². The molecule has 8 aromatic heterocycles. The summed E-state index contributed by atoms with van der Waals surface area (Å²) in [7, 11) is 0. The Hall–Kier alpha value is -11.4. The Bertz CT molecular complexity index is 5130. The number of nitrogens with one attached hydrogen (secondary N) is 4. The Morgan fingerprint density at radius 3 is 0.824 bits per heavy atom. The second-order valence-corrected chi connectivity index (χ2v) is 29.1. The van der Waals surface area contributed by atoms with Crippen molar-refractivity contribution in [2.75, 3.05) is 21.3 Å². The van der Waals surface area contributed by atoms with Gasteiger partial charge in [0.05, 0.1) is 41.8 Å². The highest BCUT2D eigenvalue weighted by molar-refractivity contribution is 7.16. The van der Waals surface area contributed by atoms with Crippen molar-refractivity contribution in [1.82, 2.24) is 39.9 Å². The third-order valence-electron chi connectivity index (χ3n) is 17.2. The lowest BCUT2D eigenvalue weighted by atomic mass is 10.1. The van der Waals surface area contributed by atoms with E-state index in [1.165, 1.54) is 19.5 Å². The normalized spacial score (nSPS) is 10.7. The number of carboxylic acids is 4. The molecule has 0 atom stereocenters. The number of allylic oxidation sites excluding steroid dienone is 2. The number of rotatable bonds is 28. The lowest BCUT2D eigenvalue weighted by Gasteiger charge is -2.15. The summed E-state index contributed by atoms with van der Waals surface area (Å²) < 4.78 is 0. The molecule has 0 fully saturated rings. The molecule has 12 rings (SSSR count). The molecule has 4 aromatic carbocycles. The predicted octanol–water partition coefficient (Wildman–Crippen LogP) is 21.2. The number of anilines is 8. The molecular weight excluding hydrogens is 1430 g/mol. The molecule has 0 saturated carbocycles. The molecule has 12 aromatic rings. The van der Waals surface area contributed by atoms with Gasteiger partial charge in [-0.05, 0) is 224 Å². The number of hydrogen-bond donors (Lipinski definition) is 8. The fourth-order valence-corrected chi connectivity index (χ4v) is 14.8. The standard InChI is InChI=1S/C22H23N3O2S.C21H21N3O2S.C21H23N3O2S.C20H21N3O2S/c1-4-7-17-18(6-3)24-21(19-13-12-16(5-2)28-19)25-20(17)23-15-10-8-14(9-11-15)22(26)27;1-4-6-17-13(3)22-20(18-12-11-16(5-2)27-18)24-19(17)23-15-9-7-14(8-10-15)21(25)26;1-4-15-11-12-18(27-15)20-23-17(6-3)16(5-2)19(24-20)22-14-9-7-13(8-10-14)21(25)26;1-4-15-10-11-17(26-15)19-21-12(3)16(5-2)18(23-19)22-14-8-6-13(7-9-14)20(24)25/h4,8-13H,1,5-7H2,2-3H3,(H,26,27)(H,23,24,25);4,7-12H,1,5-6H2,2-3H3,(H,25,26)(H,22,23,24);7-12H,4-6H2,1-3H3,(H,25,26)(H,22,23,24);6-11H,4-5H2,1-3H3,(H,24,25)(H,21,22,23). The van der Waals surface area contributed by atoms with Crippen LogP contribution >= 0.6 is 45.3 Å². The monoisotopic (exact) mass is 1520 g/mol. The second-order valence-electron chi connectivity index (χ2n) is 24.5. The van der Waals surface area contributed by atoms with E-state index in [4.69, 9.17) is 50.3 Å². The summed E-state index contributed by atoms with van der Waals surface area (Å²) in [6.07, 6.45) is 12.2. The third-order valence-corrected chi connectivity index (χ3v) is 22.1. The molecule has 0 amide bonds. The zero-order valence-corrected chi connectivity index (χ0v) is 65.4. The minimum absolute atomic E-state index is 0.247. The van der Waals surface area contributed by atoms with E-state index in [9.17, 15) is 19.2 Å². The molecule has 20 nitrogen and oxygen atoms in total. The molecule has 24 heteroatoms. The Labute approximate surface area is 645 Å². The Morgan fingerprint density at radius 1 is 0.315 bits per heavy atom. The highest BCUT2D eigenvalue weighted by atomic mass is 32.1. The Balaban J connectivity index is 0.000000166. The molecule has 0 unspecified atom stereocenters. The number of carboxylic acid groups (broad SMARTS) is 4. The van der Waals surface area contributed by atoms with Crippen molar-refractivity contribution in [3.63, 3.8) is 0 Å². The van der Waals surface area contributed by atoms with E-state index in [1.54, 1.807) is 142 Å². The van der Waals surface area contributed by atoms with Gasteiger partial charge >= 0.3 is 23.9 Å². The summed E-state index contributed by atoms with van der Waals surface area (Å²) in [5.41, 5.74) is 12.2. The highest BCUT2D eigenvalue weighted by Gasteiger charge is 2.21. The summed E-state index contributed by atoms with van der Waals surface area (Å²) in [5.74, 6) is 2.09. The molecular formula is C84H88N12O8S4. The van der Waals surface area contributed by atoms with Gasteiger partial charge < -0.3 is 41.7 Å². The van der Waals surface area contributed by atoms with Crippen molar-refractivity contribution >= 4 is 115 Å². The second kappa shape index (κ2) is 38.7. The number of aromatic nitrogens is 8. The fraction of sp³-hybridized carbons (Fsp3) is 0.238. The molecule has 0 saturated heterocycles. The van der Waals surface area contributed by atoms with Crippen LogP contribution in [0.4, 0.5) is 46.0 Å². The maximum atomic E-state index is 11.1. The van der Waals surface area contributed by atoms with Gasteiger partial charge in [0.1, 0.15) is 23.3 Å². The van der Waals surface area contributed by atoms with Crippen LogP contribution in [0.25, 0.3) is 42.8 Å². The maximum absolute atomic E-state index is 11.1. The summed E-state index contributed by atoms with van der Waals surface area (Å²) in [6.45, 7) is 28.5. The van der Waals surface area contributed by atoms with E-state index in [2.05, 4.69) is 148 Å². The summed E-state index contributed by atoms with van der Waals surface area (Å²) in [6, 6.07) is 43.3. The zero-order valence-electron chi connectivity index (χ0n) is 62.1. The molecule has 0 spiro atoms. The van der Waals surface area contributed by atoms with Gasteiger partial charge in [0.15, 0.2) is 23.3 Å². The van der Waals surface area contributed by atoms with E-state index in [0.29, 0.717) is 36.1 Å². The highest BCUT2D eigenvalue weighted by Crippen LogP contribution is 2.36. The van der Waals surface area contributed by atoms with Crippen molar-refractivity contribution in [3.05, 3.63) is 258 Å². The Morgan fingerprint density at radius 2 is 0.565 bits per heavy atom. The van der Waals surface area contributed by atoms with Gasteiger partial charge in [-0.25, -0.2) is 59.0 Å². The largest absolute Gasteiger partial charge is 0.478 e. The quantitative estimate of drug-likeness (QED) is 0.0211. The van der Waals surface area contributed by atoms with Crippen LogP contribution in [0, 0.1) is 13.8 Å². The van der Waals surface area contributed by atoms with Crippen LogP contribution in [0.5, 0.6) is 0 Å². The van der Waals surface area contributed by atoms with Crippen molar-refractivity contribution in [3.8, 4) is 42.8 Å². The molecule has 0 radical (unpaired) electrons. The first kappa shape index (κ1) is 80.7. The van der Waals surface area contributed by atoms with Crippen LogP contribution in [0.2, 0.25) is 0 Å². The molecule has 0 aliphatic rings. The van der Waals surface area contributed by atoms with E-state index < -0.39 is 23.9 Å². The molecule has 0 bridgehead atoms. The molecule has 0 aliphatic carbocycles. The zero-order chi connectivity index (χ0) is 77.6. The van der Waals surface area contributed by atoms with Crippen LogP contribution in [-0.4, -0.2) is 84.2 Å². The number of hydrogen-bond acceptors (Lipinski definition) is 20. The first-order valence-electron chi connectivity index (χ1n) is 35.7. The van der Waals surface area contributed by atoms with Crippen molar-refractivity contribution in [2.45, 2.75) is 133 Å². The summed E-state index contributed by atoms with van der Waals surface area (Å²) >= 11 is 6.83. The predicted molar refractivity (Wildman–Crippen MR) is 440 cm³/mol. The molecule has 556 valence electrons. The number of benzene rings is 4. The number of thiophene rings is 4. The van der Waals surface area contributed by atoms with E-state index in [0.717, 1.165) is 162 Å². The maximum Gasteiger partial charge on any atom is 0.335 e. The van der Waals surface area contributed by atoms with Gasteiger partial charge in [0, 0.05) is 87.3 Å². The first-order valence-corrected chi connectivity index (χ1v) is 38.9. The fourth-order valence-electron chi connectivity index (χ4n) is 11.3. The van der Waals surface area contributed by atoms with Gasteiger partial charge in [-0.15, -0.1) is 58.5 Å². The SMILES string of the molecule is C=CCc1c(C)nc(-c2ccc(CC)s2)nc1Nc1ccc(C(=O)O)cc1.C=CCc1c(CC)nc(-c2ccc(CC)s2)nc1Nc1ccc(C(=O)O)cc1.CCc1ccc(-c2nc(C)c(CC)c(Nc3ccc(C(=O)O)cc3)n2)s1.CCc1ccc(-c2nc(CC)c(CC)c(Nc3ccc(C(=O)O)cc3)n2)s1.